The van der Waals surface area contributed by atoms with Gasteiger partial charge in [-0.15, -0.1) is 0 Å². The van der Waals surface area contributed by atoms with Gasteiger partial charge in [0.15, 0.2) is 0 Å². The van der Waals surface area contributed by atoms with Gasteiger partial charge in [0.1, 0.15) is 12.5 Å². The van der Waals surface area contributed by atoms with Gasteiger partial charge in [-0.25, -0.2) is 0 Å². The number of benzene rings is 1. The van der Waals surface area contributed by atoms with Crippen molar-refractivity contribution >= 4 is 5.97 Å². The molecular weight excluding hydrogens is 214 g/mol. The monoisotopic (exact) mass is 236 g/mol. The first-order chi connectivity index (χ1) is 8.06. The molecule has 0 aliphatic carbocycles. The molecule has 1 aromatic carbocycles. The van der Waals surface area contributed by atoms with E-state index in [9.17, 15) is 4.79 Å². The van der Waals surface area contributed by atoms with Crippen LogP contribution in [0.4, 0.5) is 0 Å². The maximum atomic E-state index is 11.4. The summed E-state index contributed by atoms with van der Waals surface area (Å²) in [5.41, 5.74) is 6.48. The Bertz CT molecular complexity index is 374. The quantitative estimate of drug-likeness (QED) is 0.795. The molecule has 3 nitrogen and oxygen atoms in total. The van der Waals surface area contributed by atoms with Crippen molar-refractivity contribution in [3.05, 3.63) is 35.4 Å². The minimum Gasteiger partial charge on any atom is -0.466 e. The summed E-state index contributed by atoms with van der Waals surface area (Å²) < 4.78 is 4.96. The molecule has 0 saturated carbocycles. The number of rotatable bonds is 5. The van der Waals surface area contributed by atoms with Crippen LogP contribution in [-0.2, 0) is 9.53 Å². The van der Waals surface area contributed by atoms with Crippen LogP contribution in [0.3, 0.4) is 0 Å². The smallest absolute Gasteiger partial charge is 0.312 e. The Hall–Kier alpha value is -1.35. The summed E-state index contributed by atoms with van der Waals surface area (Å²) in [6.45, 7) is 6.54. The van der Waals surface area contributed by atoms with Gasteiger partial charge in [-0.3, -0.25) is 4.79 Å². The molecule has 1 rings (SSSR count). The molecule has 0 aliphatic heterocycles. The van der Waals surface area contributed by atoms with Crippen LogP contribution in [0.1, 0.15) is 50.3 Å². The third-order valence-corrected chi connectivity index (χ3v) is 2.78. The molecule has 3 heteroatoms. The van der Waals surface area contributed by atoms with Gasteiger partial charge in [0.2, 0.25) is 0 Å². The van der Waals surface area contributed by atoms with Crippen LogP contribution in [0.15, 0.2) is 24.3 Å². The van der Waals surface area contributed by atoms with E-state index in [1.165, 1.54) is 5.56 Å². The zero-order valence-electron chi connectivity index (χ0n) is 10.9. The molecule has 0 aliphatic rings. The first kappa shape index (κ1) is 13.7. The molecule has 1 atom stereocenters. The molecule has 0 spiro atoms. The number of carbonyl (C=O) groups is 1. The topological polar surface area (TPSA) is 53.9 Å². The van der Waals surface area contributed by atoms with Gasteiger partial charge < -0.3 is 10.5 Å². The van der Waals surface area contributed by atoms with Crippen LogP contribution in [0.2, 0.25) is 0 Å². The highest BCUT2D eigenvalue weighted by Crippen LogP contribution is 2.24. The van der Waals surface area contributed by atoms with Crippen LogP contribution >= 0.6 is 0 Å². The fourth-order valence-electron chi connectivity index (χ4n) is 1.94. The number of quaternary nitrogens is 1. The van der Waals surface area contributed by atoms with Crippen LogP contribution in [0.5, 0.6) is 0 Å². The first-order valence-corrected chi connectivity index (χ1v) is 6.13. The SMILES string of the molecule is CCOC(=O)C[C@H]([NH3+])c1ccccc1C(C)C. The lowest BCUT2D eigenvalue weighted by molar-refractivity contribution is -0.426. The molecule has 0 fully saturated rings. The highest BCUT2D eigenvalue weighted by molar-refractivity contribution is 5.70. The van der Waals surface area contributed by atoms with Crippen LogP contribution in [-0.4, -0.2) is 12.6 Å². The van der Waals surface area contributed by atoms with Gasteiger partial charge >= 0.3 is 5.97 Å². The van der Waals surface area contributed by atoms with E-state index in [0.717, 1.165) is 5.56 Å². The molecule has 3 N–H and O–H groups in total. The third-order valence-electron chi connectivity index (χ3n) is 2.78. The second-order valence-corrected chi connectivity index (χ2v) is 4.49. The minimum absolute atomic E-state index is 0.0346. The Labute approximate surface area is 103 Å². The Morgan fingerprint density at radius 1 is 1.29 bits per heavy atom. The van der Waals surface area contributed by atoms with Gasteiger partial charge in [0.25, 0.3) is 0 Å². The molecule has 0 bridgehead atoms. The molecule has 0 aromatic heterocycles. The zero-order chi connectivity index (χ0) is 12.8. The minimum atomic E-state index is -0.175. The second kappa shape index (κ2) is 6.40. The normalized spacial score (nSPS) is 12.5. The van der Waals surface area contributed by atoms with E-state index in [1.807, 2.05) is 25.1 Å². The van der Waals surface area contributed by atoms with E-state index >= 15 is 0 Å². The molecule has 0 radical (unpaired) electrons. The fraction of sp³-hybridized carbons (Fsp3) is 0.500. The number of hydrogen-bond donors (Lipinski definition) is 1. The van der Waals surface area contributed by atoms with E-state index in [-0.39, 0.29) is 12.0 Å². The van der Waals surface area contributed by atoms with Crippen molar-refractivity contribution in [2.45, 2.75) is 39.2 Å². The van der Waals surface area contributed by atoms with Crippen LogP contribution in [0, 0.1) is 0 Å². The summed E-state index contributed by atoms with van der Waals surface area (Å²) in [7, 11) is 0. The predicted octanol–water partition coefficient (Wildman–Crippen LogP) is 2.05. The van der Waals surface area contributed by atoms with E-state index in [1.54, 1.807) is 0 Å². The van der Waals surface area contributed by atoms with E-state index in [2.05, 4.69) is 25.6 Å². The van der Waals surface area contributed by atoms with Crippen molar-refractivity contribution in [3.8, 4) is 0 Å². The zero-order valence-corrected chi connectivity index (χ0v) is 10.9. The van der Waals surface area contributed by atoms with Crippen molar-refractivity contribution in [1.82, 2.24) is 0 Å². The van der Waals surface area contributed by atoms with Gasteiger partial charge in [-0.2, -0.15) is 0 Å². The summed E-state index contributed by atoms with van der Waals surface area (Å²) in [6.07, 6.45) is 0.345. The van der Waals surface area contributed by atoms with Crippen LogP contribution in [0.25, 0.3) is 0 Å². The van der Waals surface area contributed by atoms with Crippen molar-refractivity contribution in [2.24, 2.45) is 0 Å². The molecule has 94 valence electrons. The summed E-state index contributed by atoms with van der Waals surface area (Å²) in [4.78, 5) is 11.4. The van der Waals surface area contributed by atoms with Gasteiger partial charge in [-0.1, -0.05) is 38.1 Å². The van der Waals surface area contributed by atoms with E-state index in [0.29, 0.717) is 18.9 Å². The molecule has 1 aromatic rings. The first-order valence-electron chi connectivity index (χ1n) is 6.13. The lowest BCUT2D eigenvalue weighted by Gasteiger charge is -2.15. The highest BCUT2D eigenvalue weighted by atomic mass is 16.5. The Morgan fingerprint density at radius 2 is 1.88 bits per heavy atom. The predicted molar refractivity (Wildman–Crippen MR) is 67.4 cm³/mol. The van der Waals surface area contributed by atoms with Crippen LogP contribution < -0.4 is 5.73 Å². The molecular formula is C14H22NO2+. The van der Waals surface area contributed by atoms with Crippen molar-refractivity contribution in [1.29, 1.82) is 0 Å². The maximum Gasteiger partial charge on any atom is 0.312 e. The maximum absolute atomic E-state index is 11.4. The van der Waals surface area contributed by atoms with E-state index < -0.39 is 0 Å². The van der Waals surface area contributed by atoms with E-state index in [4.69, 9.17) is 4.74 Å². The largest absolute Gasteiger partial charge is 0.466 e. The Balaban J connectivity index is 2.81. The fourth-order valence-corrected chi connectivity index (χ4v) is 1.94. The summed E-state index contributed by atoms with van der Waals surface area (Å²) in [5.74, 6) is 0.267. The highest BCUT2D eigenvalue weighted by Gasteiger charge is 2.19. The summed E-state index contributed by atoms with van der Waals surface area (Å²) in [5, 5.41) is 0. The molecule has 0 saturated heterocycles. The number of ether oxygens (including phenoxy) is 1. The average molecular weight is 236 g/mol. The van der Waals surface area contributed by atoms with Gasteiger partial charge in [0.05, 0.1) is 6.61 Å². The number of hydrogen-bond acceptors (Lipinski definition) is 2. The lowest BCUT2D eigenvalue weighted by atomic mass is 9.92. The Kier molecular flexibility index (Phi) is 5.16. The Morgan fingerprint density at radius 3 is 2.41 bits per heavy atom. The summed E-state index contributed by atoms with van der Waals surface area (Å²) in [6, 6.07) is 8.13. The van der Waals surface area contributed by atoms with Gasteiger partial charge in [-0.05, 0) is 18.4 Å². The third kappa shape index (κ3) is 3.86. The van der Waals surface area contributed by atoms with Gasteiger partial charge in [0, 0.05) is 5.56 Å². The average Bonchev–Trinajstić information content (AvgIpc) is 2.29. The second-order valence-electron chi connectivity index (χ2n) is 4.49. The summed E-state index contributed by atoms with van der Waals surface area (Å²) >= 11 is 0. The standard InChI is InChI=1S/C14H21NO2/c1-4-17-14(16)9-13(15)12-8-6-5-7-11(12)10(2)3/h5-8,10,13H,4,9,15H2,1-3H3/p+1/t13-/m0/s1. The van der Waals surface area contributed by atoms with Crippen molar-refractivity contribution in [2.75, 3.05) is 6.61 Å². The molecule has 0 amide bonds. The van der Waals surface area contributed by atoms with Crippen molar-refractivity contribution < 1.29 is 15.3 Å². The van der Waals surface area contributed by atoms with Crippen molar-refractivity contribution in [3.63, 3.8) is 0 Å². The number of esters is 1. The lowest BCUT2D eigenvalue weighted by Crippen LogP contribution is -2.54. The molecule has 0 heterocycles. The number of carbonyl (C=O) groups excluding carboxylic acids is 1. The molecule has 17 heavy (non-hydrogen) atoms. The molecule has 0 unspecified atom stereocenters.